The van der Waals surface area contributed by atoms with Gasteiger partial charge in [0.2, 0.25) is 0 Å². The lowest BCUT2D eigenvalue weighted by Gasteiger charge is -2.32. The Morgan fingerprint density at radius 2 is 1.44 bits per heavy atom. The number of hydrogen-bond donors (Lipinski definition) is 2. The molecule has 3 heterocycles. The van der Waals surface area contributed by atoms with Crippen molar-refractivity contribution in [3.05, 3.63) is 124 Å². The minimum absolute atomic E-state index is 0.119. The largest absolute Gasteiger partial charge is 0.493 e. The predicted molar refractivity (Wildman–Crippen MR) is 270 cm³/mol. The van der Waals surface area contributed by atoms with E-state index in [1.165, 1.54) is 0 Å². The van der Waals surface area contributed by atoms with Gasteiger partial charge in [0.25, 0.3) is 11.8 Å². The van der Waals surface area contributed by atoms with Crippen molar-refractivity contribution in [2.24, 2.45) is 4.99 Å². The van der Waals surface area contributed by atoms with Gasteiger partial charge in [0.15, 0.2) is 23.0 Å². The monoisotopic (exact) mass is 943 g/mol. The maximum Gasteiger partial charge on any atom is 0.261 e. The van der Waals surface area contributed by atoms with Crippen LogP contribution in [0.2, 0.25) is 0 Å². The Labute approximate surface area is 404 Å². The van der Waals surface area contributed by atoms with E-state index < -0.39 is 0 Å². The summed E-state index contributed by atoms with van der Waals surface area (Å²) in [5.74, 6) is 1.52. The molecule has 14 nitrogen and oxygen atoms in total. The molecular formula is C53H61N5O9S. The van der Waals surface area contributed by atoms with Crippen LogP contribution in [0.4, 0.5) is 28.4 Å². The SMILES string of the molecule is CNc1cc(OCc2cc(COc3cc4c(cc3OC)C(=O)N3c5ccccc5CC3C=N4)cc(N(CCOCCOCCOC)CC(C)(C)S)c2)c(OC)cc1C(=O)N1CCc2ccccc21. The Bertz CT molecular complexity index is 2630. The van der Waals surface area contributed by atoms with Crippen LogP contribution in [-0.2, 0) is 40.3 Å². The number of nitrogens with zero attached hydrogens (tertiary/aromatic N) is 4. The maximum absolute atomic E-state index is 14.1. The zero-order valence-corrected chi connectivity index (χ0v) is 40.6. The number of thiol groups is 1. The van der Waals surface area contributed by atoms with Crippen molar-refractivity contribution >= 4 is 59.1 Å². The van der Waals surface area contributed by atoms with Crippen LogP contribution in [0.25, 0.3) is 0 Å². The summed E-state index contributed by atoms with van der Waals surface area (Å²) < 4.78 is 41.2. The molecule has 358 valence electrons. The Balaban J connectivity index is 1.06. The average Bonchev–Trinajstić information content (AvgIpc) is 3.92. The van der Waals surface area contributed by atoms with Crippen molar-refractivity contribution in [1.82, 2.24) is 0 Å². The number of benzene rings is 5. The number of anilines is 4. The zero-order chi connectivity index (χ0) is 47.8. The van der Waals surface area contributed by atoms with Crippen LogP contribution in [0.3, 0.4) is 0 Å². The Morgan fingerprint density at radius 3 is 2.13 bits per heavy atom. The number of nitrogens with one attached hydrogen (secondary N) is 1. The minimum Gasteiger partial charge on any atom is -0.493 e. The van der Waals surface area contributed by atoms with Crippen LogP contribution in [0.5, 0.6) is 23.0 Å². The van der Waals surface area contributed by atoms with E-state index in [0.717, 1.165) is 45.7 Å². The highest BCUT2D eigenvalue weighted by Crippen LogP contribution is 2.42. The molecule has 1 unspecified atom stereocenters. The first-order valence-corrected chi connectivity index (χ1v) is 23.4. The first-order chi connectivity index (χ1) is 33.0. The fraction of sp³-hybridized carbons (Fsp3) is 0.377. The number of ether oxygens (including phenoxy) is 7. The van der Waals surface area contributed by atoms with Crippen molar-refractivity contribution in [2.75, 3.05) is 101 Å². The fourth-order valence-corrected chi connectivity index (χ4v) is 9.09. The number of aliphatic imine (C=N–C) groups is 1. The molecule has 3 aliphatic rings. The molecule has 0 radical (unpaired) electrons. The molecule has 0 spiro atoms. The van der Waals surface area contributed by atoms with E-state index in [-0.39, 0.29) is 35.8 Å². The third kappa shape index (κ3) is 11.0. The minimum atomic E-state index is -0.357. The van der Waals surface area contributed by atoms with E-state index in [1.54, 1.807) is 46.6 Å². The standard InChI is InChI=1S/C53H61N5O9S/c1-53(2,68)34-56(17-18-64-21-22-65-20-19-61-4)39-24-35(32-66-49-29-43(54-3)41(27-47(49)62-5)51(59)57-16-15-37-11-7-9-13-45(37)57)23-36(25-39)33-67-50-30-44-42(28-48(50)63-6)52(60)58-40(31-55-44)26-38-12-8-10-14-46(38)58/h7-14,23-25,27-31,40,54,68H,15-22,26,32-34H2,1-6H3. The zero-order valence-electron chi connectivity index (χ0n) is 39.7. The summed E-state index contributed by atoms with van der Waals surface area (Å²) in [7, 11) is 6.57. The normalized spacial score (nSPS) is 14.8. The fourth-order valence-electron chi connectivity index (χ4n) is 8.92. The molecule has 5 aromatic rings. The van der Waals surface area contributed by atoms with Crippen molar-refractivity contribution in [3.63, 3.8) is 0 Å². The van der Waals surface area contributed by atoms with Crippen LogP contribution in [0.15, 0.2) is 96.0 Å². The lowest BCUT2D eigenvalue weighted by molar-refractivity contribution is 0.0264. The van der Waals surface area contributed by atoms with E-state index in [1.807, 2.05) is 64.5 Å². The Hall–Kier alpha value is -6.26. The van der Waals surface area contributed by atoms with E-state index >= 15 is 0 Å². The number of para-hydroxylation sites is 2. The Morgan fingerprint density at radius 1 is 0.794 bits per heavy atom. The van der Waals surface area contributed by atoms with Crippen molar-refractivity contribution in [3.8, 4) is 23.0 Å². The second kappa shape index (κ2) is 21.8. The number of fused-ring (bicyclic) bond motifs is 5. The van der Waals surface area contributed by atoms with Gasteiger partial charge in [-0.2, -0.15) is 12.6 Å². The second-order valence-electron chi connectivity index (χ2n) is 17.5. The molecular weight excluding hydrogens is 883 g/mol. The number of methoxy groups -OCH3 is 3. The van der Waals surface area contributed by atoms with Crippen LogP contribution in [-0.4, -0.2) is 110 Å². The van der Waals surface area contributed by atoms with Gasteiger partial charge in [0.1, 0.15) is 13.2 Å². The summed E-state index contributed by atoms with van der Waals surface area (Å²) >= 11 is 4.94. The molecule has 0 saturated carbocycles. The molecule has 15 heteroatoms. The summed E-state index contributed by atoms with van der Waals surface area (Å²) in [6, 6.07) is 29.1. The molecule has 3 aliphatic heterocycles. The number of amides is 2. The van der Waals surface area contributed by atoms with Crippen LogP contribution in [0.1, 0.15) is 56.8 Å². The molecule has 0 bridgehead atoms. The first kappa shape index (κ1) is 48.2. The van der Waals surface area contributed by atoms with Gasteiger partial charge in [-0.05, 0) is 85.0 Å². The molecule has 0 aliphatic carbocycles. The summed E-state index contributed by atoms with van der Waals surface area (Å²) in [4.78, 5) is 38.8. The number of carbonyl (C=O) groups is 2. The summed E-state index contributed by atoms with van der Waals surface area (Å²) in [6.45, 7) is 8.68. The van der Waals surface area contributed by atoms with Crippen LogP contribution < -0.4 is 39.0 Å². The highest BCUT2D eigenvalue weighted by atomic mass is 32.1. The third-order valence-electron chi connectivity index (χ3n) is 12.1. The van der Waals surface area contributed by atoms with Crippen molar-refractivity contribution in [2.45, 2.75) is 50.7 Å². The summed E-state index contributed by atoms with van der Waals surface area (Å²) in [6.07, 6.45) is 3.34. The van der Waals surface area contributed by atoms with Crippen molar-refractivity contribution < 1.29 is 42.7 Å². The van der Waals surface area contributed by atoms with Gasteiger partial charge in [0, 0.05) is 80.4 Å². The summed E-state index contributed by atoms with van der Waals surface area (Å²) in [5, 5.41) is 3.21. The number of rotatable bonds is 22. The molecule has 2 amide bonds. The maximum atomic E-state index is 14.1. The lowest BCUT2D eigenvalue weighted by atomic mass is 10.1. The van der Waals surface area contributed by atoms with Gasteiger partial charge >= 0.3 is 0 Å². The van der Waals surface area contributed by atoms with Crippen LogP contribution in [0, 0.1) is 0 Å². The topological polar surface area (TPSA) is 133 Å². The highest BCUT2D eigenvalue weighted by Gasteiger charge is 2.37. The molecule has 0 aromatic heterocycles. The lowest BCUT2D eigenvalue weighted by Crippen LogP contribution is -2.37. The van der Waals surface area contributed by atoms with Gasteiger partial charge in [-0.3, -0.25) is 19.5 Å². The predicted octanol–water partition coefficient (Wildman–Crippen LogP) is 8.59. The van der Waals surface area contributed by atoms with Crippen molar-refractivity contribution in [1.29, 1.82) is 0 Å². The van der Waals surface area contributed by atoms with E-state index in [2.05, 4.69) is 48.3 Å². The van der Waals surface area contributed by atoms with E-state index in [9.17, 15) is 9.59 Å². The molecule has 68 heavy (non-hydrogen) atoms. The molecule has 0 fully saturated rings. The van der Waals surface area contributed by atoms with E-state index in [0.29, 0.717) is 105 Å². The molecule has 8 rings (SSSR count). The van der Waals surface area contributed by atoms with Gasteiger partial charge in [-0.15, -0.1) is 0 Å². The van der Waals surface area contributed by atoms with Gasteiger partial charge in [0.05, 0.1) is 75.8 Å². The first-order valence-electron chi connectivity index (χ1n) is 23.0. The highest BCUT2D eigenvalue weighted by molar-refractivity contribution is 7.81. The van der Waals surface area contributed by atoms with Gasteiger partial charge < -0.3 is 48.3 Å². The molecule has 1 atom stereocenters. The summed E-state index contributed by atoms with van der Waals surface area (Å²) in [5.41, 5.74) is 8.78. The van der Waals surface area contributed by atoms with E-state index in [4.69, 9.17) is 50.8 Å². The third-order valence-corrected chi connectivity index (χ3v) is 12.3. The molecule has 1 N–H and O–H groups in total. The average molecular weight is 944 g/mol. The Kier molecular flexibility index (Phi) is 15.4. The number of hydrogen-bond acceptors (Lipinski definition) is 13. The second-order valence-corrected chi connectivity index (χ2v) is 18.8. The van der Waals surface area contributed by atoms with Gasteiger partial charge in [-0.25, -0.2) is 0 Å². The van der Waals surface area contributed by atoms with Crippen LogP contribution >= 0.6 is 12.6 Å². The number of carbonyl (C=O) groups excluding carboxylic acids is 2. The molecule has 5 aromatic carbocycles. The molecule has 0 saturated heterocycles. The van der Waals surface area contributed by atoms with Gasteiger partial charge in [-0.1, -0.05) is 36.4 Å². The smallest absolute Gasteiger partial charge is 0.261 e. The quantitative estimate of drug-likeness (QED) is 0.0511.